The molecule has 0 aromatic heterocycles. The minimum absolute atomic E-state index is 0.00682. The summed E-state index contributed by atoms with van der Waals surface area (Å²) in [5, 5.41) is 0. The molecule has 136 valence electrons. The van der Waals surface area contributed by atoms with Crippen LogP contribution in [0.15, 0.2) is 24.3 Å². The number of hydrogen-bond acceptors (Lipinski definition) is 1. The first-order valence-electron chi connectivity index (χ1n) is 9.98. The van der Waals surface area contributed by atoms with E-state index in [2.05, 4.69) is 26.0 Å². The SMILES string of the molecule is CCCC12CCC(CN(C(=O)C3CC3F)c3cccc(C)c3)(CC1)C2. The van der Waals surface area contributed by atoms with Gasteiger partial charge < -0.3 is 4.90 Å². The van der Waals surface area contributed by atoms with Crippen LogP contribution in [0.25, 0.3) is 0 Å². The number of alkyl halides is 1. The monoisotopic (exact) mass is 343 g/mol. The molecule has 3 aliphatic carbocycles. The second kappa shape index (κ2) is 6.10. The van der Waals surface area contributed by atoms with Crippen LogP contribution >= 0.6 is 0 Å². The van der Waals surface area contributed by atoms with Gasteiger partial charge in [0.15, 0.2) is 0 Å². The maximum Gasteiger partial charge on any atom is 0.233 e. The van der Waals surface area contributed by atoms with Crippen LogP contribution in [-0.4, -0.2) is 18.6 Å². The lowest BCUT2D eigenvalue weighted by molar-refractivity contribution is -0.120. The van der Waals surface area contributed by atoms with Crippen LogP contribution in [0.2, 0.25) is 0 Å². The average Bonchev–Trinajstić information content (AvgIpc) is 3.08. The highest BCUT2D eigenvalue weighted by Gasteiger charge is 2.55. The molecule has 0 aliphatic heterocycles. The lowest BCUT2D eigenvalue weighted by Gasteiger charge is -2.34. The number of amides is 1. The molecule has 3 saturated carbocycles. The number of nitrogens with zero attached hydrogens (tertiary/aromatic N) is 1. The quantitative estimate of drug-likeness (QED) is 0.674. The smallest absolute Gasteiger partial charge is 0.233 e. The zero-order valence-corrected chi connectivity index (χ0v) is 15.6. The van der Waals surface area contributed by atoms with Gasteiger partial charge in [-0.05, 0) is 80.4 Å². The second-order valence-corrected chi connectivity index (χ2v) is 9.05. The van der Waals surface area contributed by atoms with Crippen LogP contribution in [-0.2, 0) is 4.79 Å². The third-order valence-corrected chi connectivity index (χ3v) is 7.00. The van der Waals surface area contributed by atoms with Crippen molar-refractivity contribution in [3.8, 4) is 0 Å². The van der Waals surface area contributed by atoms with Gasteiger partial charge in [0.1, 0.15) is 6.17 Å². The Balaban J connectivity index is 1.58. The maximum atomic E-state index is 13.6. The van der Waals surface area contributed by atoms with Crippen LogP contribution < -0.4 is 4.90 Å². The number of carbonyl (C=O) groups excluding carboxylic acids is 1. The Morgan fingerprint density at radius 2 is 1.92 bits per heavy atom. The molecule has 2 bridgehead atoms. The first-order valence-corrected chi connectivity index (χ1v) is 9.98. The van der Waals surface area contributed by atoms with Crippen molar-refractivity contribution in [3.63, 3.8) is 0 Å². The largest absolute Gasteiger partial charge is 0.312 e. The summed E-state index contributed by atoms with van der Waals surface area (Å²) in [5.41, 5.74) is 2.89. The highest BCUT2D eigenvalue weighted by molar-refractivity contribution is 5.97. The first kappa shape index (κ1) is 17.1. The standard InChI is InChI=1S/C22H30FNO/c1-3-7-21-8-10-22(14-21,11-9-21)15-24(20(25)18-13-19(18)23)17-6-4-5-16(2)12-17/h4-6,12,18-19H,3,7-11,13-15H2,1-2H3. The van der Waals surface area contributed by atoms with Gasteiger partial charge in [-0.25, -0.2) is 4.39 Å². The molecule has 1 aromatic rings. The van der Waals surface area contributed by atoms with E-state index >= 15 is 0 Å². The third-order valence-electron chi connectivity index (χ3n) is 7.00. The van der Waals surface area contributed by atoms with Gasteiger partial charge >= 0.3 is 0 Å². The van der Waals surface area contributed by atoms with Crippen molar-refractivity contribution in [1.82, 2.24) is 0 Å². The lowest BCUT2D eigenvalue weighted by Crippen LogP contribution is -2.41. The number of anilines is 1. The molecule has 3 heteroatoms. The fourth-order valence-corrected chi connectivity index (χ4v) is 5.59. The van der Waals surface area contributed by atoms with Crippen molar-refractivity contribution >= 4 is 11.6 Å². The zero-order chi connectivity index (χ0) is 17.7. The molecular formula is C22H30FNO. The Hall–Kier alpha value is -1.38. The first-order chi connectivity index (χ1) is 12.0. The Labute approximate surface area is 150 Å². The summed E-state index contributed by atoms with van der Waals surface area (Å²) in [4.78, 5) is 14.9. The summed E-state index contributed by atoms with van der Waals surface area (Å²) in [6.07, 6.45) is 8.39. The normalized spacial score (nSPS) is 35.8. The number of benzene rings is 1. The fraction of sp³-hybridized carbons (Fsp3) is 0.682. The van der Waals surface area contributed by atoms with E-state index in [-0.39, 0.29) is 11.3 Å². The van der Waals surface area contributed by atoms with Crippen molar-refractivity contribution in [2.45, 2.75) is 71.4 Å². The van der Waals surface area contributed by atoms with Crippen molar-refractivity contribution in [2.24, 2.45) is 16.7 Å². The van der Waals surface area contributed by atoms with E-state index < -0.39 is 12.1 Å². The van der Waals surface area contributed by atoms with Crippen LogP contribution in [0.1, 0.15) is 63.9 Å². The predicted octanol–water partition coefficient (Wildman–Crippen LogP) is 5.44. The molecule has 2 atom stereocenters. The molecule has 3 aliphatic rings. The average molecular weight is 343 g/mol. The van der Waals surface area contributed by atoms with E-state index in [9.17, 15) is 9.18 Å². The molecule has 4 rings (SSSR count). The number of rotatable bonds is 6. The summed E-state index contributed by atoms with van der Waals surface area (Å²) in [6, 6.07) is 8.15. The van der Waals surface area contributed by atoms with Gasteiger partial charge in [0.2, 0.25) is 5.91 Å². The molecule has 0 spiro atoms. The summed E-state index contributed by atoms with van der Waals surface area (Å²) in [7, 11) is 0. The summed E-state index contributed by atoms with van der Waals surface area (Å²) in [5.74, 6) is -0.396. The molecule has 1 amide bonds. The number of aryl methyl sites for hydroxylation is 1. The third kappa shape index (κ3) is 3.11. The van der Waals surface area contributed by atoms with Crippen LogP contribution in [0.5, 0.6) is 0 Å². The molecule has 0 saturated heterocycles. The Kier molecular flexibility index (Phi) is 4.16. The van der Waals surface area contributed by atoms with Crippen LogP contribution in [0.4, 0.5) is 10.1 Å². The van der Waals surface area contributed by atoms with Crippen molar-refractivity contribution in [1.29, 1.82) is 0 Å². The van der Waals surface area contributed by atoms with Gasteiger partial charge in [-0.3, -0.25) is 4.79 Å². The van der Waals surface area contributed by atoms with E-state index in [1.54, 1.807) is 0 Å². The highest BCUT2D eigenvalue weighted by Crippen LogP contribution is 2.63. The van der Waals surface area contributed by atoms with Gasteiger partial charge in [-0.1, -0.05) is 25.5 Å². The van der Waals surface area contributed by atoms with E-state index in [0.29, 0.717) is 11.8 Å². The van der Waals surface area contributed by atoms with Gasteiger partial charge in [-0.15, -0.1) is 0 Å². The van der Waals surface area contributed by atoms with Crippen LogP contribution in [0.3, 0.4) is 0 Å². The molecule has 1 aromatic carbocycles. The van der Waals surface area contributed by atoms with Crippen molar-refractivity contribution < 1.29 is 9.18 Å². The molecule has 25 heavy (non-hydrogen) atoms. The van der Waals surface area contributed by atoms with Gasteiger partial charge in [-0.2, -0.15) is 0 Å². The minimum atomic E-state index is -0.927. The Morgan fingerprint density at radius 1 is 1.24 bits per heavy atom. The maximum absolute atomic E-state index is 13.6. The van der Waals surface area contributed by atoms with E-state index in [0.717, 1.165) is 17.8 Å². The number of hydrogen-bond donors (Lipinski definition) is 0. The molecule has 3 fully saturated rings. The van der Waals surface area contributed by atoms with Crippen LogP contribution in [0, 0.1) is 23.7 Å². The molecule has 0 N–H and O–H groups in total. The topological polar surface area (TPSA) is 20.3 Å². The van der Waals surface area contributed by atoms with Crippen molar-refractivity contribution in [2.75, 3.05) is 11.4 Å². The summed E-state index contributed by atoms with van der Waals surface area (Å²) < 4.78 is 13.6. The van der Waals surface area contributed by atoms with E-state index in [1.807, 2.05) is 17.0 Å². The zero-order valence-electron chi connectivity index (χ0n) is 15.6. The molecule has 0 radical (unpaired) electrons. The minimum Gasteiger partial charge on any atom is -0.312 e. The molecule has 2 nitrogen and oxygen atoms in total. The predicted molar refractivity (Wildman–Crippen MR) is 99.4 cm³/mol. The highest BCUT2D eigenvalue weighted by atomic mass is 19.1. The van der Waals surface area contributed by atoms with Gasteiger partial charge in [0.05, 0.1) is 5.92 Å². The van der Waals surface area contributed by atoms with E-state index in [4.69, 9.17) is 0 Å². The lowest BCUT2D eigenvalue weighted by atomic mass is 9.79. The second-order valence-electron chi connectivity index (χ2n) is 9.05. The van der Waals surface area contributed by atoms with E-state index in [1.165, 1.54) is 44.9 Å². The Morgan fingerprint density at radius 3 is 2.52 bits per heavy atom. The van der Waals surface area contributed by atoms with Gasteiger partial charge in [0.25, 0.3) is 0 Å². The van der Waals surface area contributed by atoms with Crippen molar-refractivity contribution in [3.05, 3.63) is 29.8 Å². The number of carbonyl (C=O) groups is 1. The van der Waals surface area contributed by atoms with Gasteiger partial charge in [0, 0.05) is 12.2 Å². The Bertz CT molecular complexity index is 662. The summed E-state index contributed by atoms with van der Waals surface area (Å²) in [6.45, 7) is 5.12. The molecule has 2 unspecified atom stereocenters. The molecular weight excluding hydrogens is 313 g/mol. The summed E-state index contributed by atoms with van der Waals surface area (Å²) >= 11 is 0. The number of fused-ring (bicyclic) bond motifs is 2. The molecule has 0 heterocycles. The fourth-order valence-electron chi connectivity index (χ4n) is 5.59. The number of halogens is 1.